The summed E-state index contributed by atoms with van der Waals surface area (Å²) in [6.07, 6.45) is 1.26. The molecule has 13 heteroatoms. The zero-order valence-electron chi connectivity index (χ0n) is 13.3. The molecule has 0 aliphatic rings. The Balaban J connectivity index is 2.02. The Hall–Kier alpha value is -2.18. The summed E-state index contributed by atoms with van der Waals surface area (Å²) in [4.78, 5) is 10.2. The second-order valence-corrected chi connectivity index (χ2v) is 7.88. The largest absolute Gasteiger partial charge is 0.480 e. The van der Waals surface area contributed by atoms with Crippen molar-refractivity contribution in [2.75, 3.05) is 11.8 Å². The van der Waals surface area contributed by atoms with E-state index in [1.807, 2.05) is 0 Å². The highest BCUT2D eigenvalue weighted by atomic mass is 79.9. The number of hydrogen-bond donors (Lipinski definition) is 2. The number of halogens is 4. The summed E-state index contributed by atoms with van der Waals surface area (Å²) in [5.74, 6) is -1.28. The quantitative estimate of drug-likeness (QED) is 0.553. The summed E-state index contributed by atoms with van der Waals surface area (Å²) >= 11 is 8.84. The number of anilines is 1. The van der Waals surface area contributed by atoms with Crippen molar-refractivity contribution in [3.8, 4) is 11.8 Å². The number of hydrogen-bond acceptors (Lipinski definition) is 6. The van der Waals surface area contributed by atoms with Gasteiger partial charge in [0, 0.05) is 22.1 Å². The lowest BCUT2D eigenvalue weighted by Gasteiger charge is -2.12. The minimum atomic E-state index is -4.16. The topological polar surface area (TPSA) is 106 Å². The van der Waals surface area contributed by atoms with E-state index in [1.54, 1.807) is 6.07 Å². The standard InChI is InChI=1S/C14H10BrClF2N4O4S/c1-25-11-10(15)12(26-13(17)18)21-14(20-11)22-27(23,24)9-5-19-8-4-6(16)2-3-7(8)9/h2-5,13,19H,1H3,(H,20,21,22). The van der Waals surface area contributed by atoms with Crippen molar-refractivity contribution in [1.82, 2.24) is 15.0 Å². The normalized spacial score (nSPS) is 11.8. The number of aromatic amines is 1. The Morgan fingerprint density at radius 2 is 2.00 bits per heavy atom. The molecule has 2 N–H and O–H groups in total. The number of fused-ring (bicyclic) bond motifs is 1. The van der Waals surface area contributed by atoms with E-state index < -0.39 is 28.5 Å². The van der Waals surface area contributed by atoms with Crippen LogP contribution in [0.2, 0.25) is 5.02 Å². The van der Waals surface area contributed by atoms with Crippen molar-refractivity contribution in [1.29, 1.82) is 0 Å². The van der Waals surface area contributed by atoms with Crippen molar-refractivity contribution in [2.24, 2.45) is 0 Å². The maximum Gasteiger partial charge on any atom is 0.388 e. The van der Waals surface area contributed by atoms with Crippen molar-refractivity contribution >= 4 is 54.4 Å². The van der Waals surface area contributed by atoms with Crippen LogP contribution in [0.1, 0.15) is 0 Å². The van der Waals surface area contributed by atoms with E-state index in [2.05, 4.69) is 40.3 Å². The van der Waals surface area contributed by atoms with Gasteiger partial charge in [-0.15, -0.1) is 0 Å². The molecule has 2 aromatic heterocycles. The number of nitrogens with zero attached hydrogens (tertiary/aromatic N) is 2. The first-order valence-electron chi connectivity index (χ1n) is 7.07. The molecule has 0 amide bonds. The number of alkyl halides is 2. The third-order valence-electron chi connectivity index (χ3n) is 3.31. The number of nitrogens with one attached hydrogen (secondary N) is 2. The minimum absolute atomic E-state index is 0.0880. The monoisotopic (exact) mass is 482 g/mol. The van der Waals surface area contributed by atoms with Crippen LogP contribution in [0.3, 0.4) is 0 Å². The summed E-state index contributed by atoms with van der Waals surface area (Å²) < 4.78 is 61.7. The van der Waals surface area contributed by atoms with Crippen molar-refractivity contribution in [3.05, 3.63) is 33.9 Å². The molecule has 0 aliphatic carbocycles. The first-order valence-corrected chi connectivity index (χ1v) is 9.72. The van der Waals surface area contributed by atoms with Gasteiger partial charge >= 0.3 is 6.61 Å². The van der Waals surface area contributed by atoms with Gasteiger partial charge in [0.05, 0.1) is 7.11 Å². The fourth-order valence-corrected chi connectivity index (χ4v) is 3.95. The molecule has 144 valence electrons. The first kappa shape index (κ1) is 19.6. The Kier molecular flexibility index (Phi) is 5.40. The molecule has 0 spiro atoms. The molecule has 3 aromatic rings. The number of sulfonamides is 1. The number of methoxy groups -OCH3 is 1. The maximum absolute atomic E-state index is 12.7. The number of aromatic nitrogens is 3. The molecule has 0 saturated heterocycles. The number of ether oxygens (including phenoxy) is 2. The van der Waals surface area contributed by atoms with Gasteiger partial charge in [-0.25, -0.2) is 13.1 Å². The van der Waals surface area contributed by atoms with Crippen LogP contribution in [0.5, 0.6) is 11.8 Å². The summed E-state index contributed by atoms with van der Waals surface area (Å²) in [6.45, 7) is -3.18. The van der Waals surface area contributed by atoms with Crippen LogP contribution in [0.4, 0.5) is 14.7 Å². The number of H-pyrrole nitrogens is 1. The zero-order valence-corrected chi connectivity index (χ0v) is 16.5. The SMILES string of the molecule is COc1nc(NS(=O)(=O)c2c[nH]c3cc(Cl)ccc23)nc(OC(F)F)c1Br. The van der Waals surface area contributed by atoms with E-state index in [0.717, 1.165) is 0 Å². The molecule has 0 fully saturated rings. The fourth-order valence-electron chi connectivity index (χ4n) is 2.22. The predicted molar refractivity (Wildman–Crippen MR) is 97.0 cm³/mol. The van der Waals surface area contributed by atoms with E-state index in [4.69, 9.17) is 16.3 Å². The first-order chi connectivity index (χ1) is 12.7. The second-order valence-electron chi connectivity index (χ2n) is 5.00. The van der Waals surface area contributed by atoms with Crippen LogP contribution in [0.15, 0.2) is 33.8 Å². The second kappa shape index (κ2) is 7.44. The van der Waals surface area contributed by atoms with E-state index >= 15 is 0 Å². The maximum atomic E-state index is 12.7. The molecule has 27 heavy (non-hydrogen) atoms. The van der Waals surface area contributed by atoms with Crippen LogP contribution in [0, 0.1) is 0 Å². The smallest absolute Gasteiger partial charge is 0.388 e. The molecule has 3 rings (SSSR count). The molecule has 0 radical (unpaired) electrons. The summed E-state index contributed by atoms with van der Waals surface area (Å²) in [5.41, 5.74) is 0.499. The highest BCUT2D eigenvalue weighted by Gasteiger charge is 2.23. The molecule has 2 heterocycles. The highest BCUT2D eigenvalue weighted by Crippen LogP contribution is 2.34. The molecule has 0 aliphatic heterocycles. The number of rotatable bonds is 6. The van der Waals surface area contributed by atoms with Crippen LogP contribution >= 0.6 is 27.5 Å². The summed E-state index contributed by atoms with van der Waals surface area (Å²) in [7, 11) is -2.93. The fraction of sp³-hybridized carbons (Fsp3) is 0.143. The Morgan fingerprint density at radius 3 is 2.67 bits per heavy atom. The molecule has 0 atom stereocenters. The van der Waals surface area contributed by atoms with Crippen molar-refractivity contribution < 1.29 is 26.7 Å². The van der Waals surface area contributed by atoms with E-state index in [1.165, 1.54) is 25.4 Å². The Labute approximate surface area is 165 Å². The molecule has 0 unspecified atom stereocenters. The van der Waals surface area contributed by atoms with E-state index in [-0.39, 0.29) is 15.2 Å². The van der Waals surface area contributed by atoms with E-state index in [9.17, 15) is 17.2 Å². The average molecular weight is 484 g/mol. The van der Waals surface area contributed by atoms with E-state index in [0.29, 0.717) is 15.9 Å². The Morgan fingerprint density at radius 1 is 1.30 bits per heavy atom. The third kappa shape index (κ3) is 4.06. The molecular formula is C14H10BrClF2N4O4S. The van der Waals surface area contributed by atoms with Gasteiger partial charge in [0.2, 0.25) is 17.7 Å². The molecular weight excluding hydrogens is 474 g/mol. The van der Waals surface area contributed by atoms with Crippen LogP contribution in [-0.4, -0.2) is 37.1 Å². The van der Waals surface area contributed by atoms with Gasteiger partial charge in [-0.1, -0.05) is 11.6 Å². The van der Waals surface area contributed by atoms with Crippen LogP contribution in [0.25, 0.3) is 10.9 Å². The van der Waals surface area contributed by atoms with Crippen molar-refractivity contribution in [3.63, 3.8) is 0 Å². The minimum Gasteiger partial charge on any atom is -0.480 e. The summed E-state index contributed by atoms with van der Waals surface area (Å²) in [5, 5.41) is 0.802. The summed E-state index contributed by atoms with van der Waals surface area (Å²) in [6, 6.07) is 4.62. The average Bonchev–Trinajstić information content (AvgIpc) is 3.00. The lowest BCUT2D eigenvalue weighted by Crippen LogP contribution is -2.16. The Bertz CT molecular complexity index is 1110. The van der Waals surface area contributed by atoms with Gasteiger partial charge in [0.25, 0.3) is 10.0 Å². The van der Waals surface area contributed by atoms with Crippen molar-refractivity contribution in [2.45, 2.75) is 11.5 Å². The zero-order chi connectivity index (χ0) is 19.8. The lowest BCUT2D eigenvalue weighted by molar-refractivity contribution is -0.0535. The van der Waals surface area contributed by atoms with Gasteiger partial charge in [-0.2, -0.15) is 18.7 Å². The van der Waals surface area contributed by atoms with Gasteiger partial charge in [-0.05, 0) is 34.1 Å². The molecule has 0 saturated carbocycles. The van der Waals surface area contributed by atoms with Crippen LogP contribution < -0.4 is 14.2 Å². The van der Waals surface area contributed by atoms with Crippen LogP contribution in [-0.2, 0) is 10.0 Å². The lowest BCUT2D eigenvalue weighted by atomic mass is 10.2. The molecule has 8 nitrogen and oxygen atoms in total. The van der Waals surface area contributed by atoms with Gasteiger partial charge in [0.15, 0.2) is 0 Å². The van der Waals surface area contributed by atoms with Gasteiger partial charge < -0.3 is 14.5 Å². The number of benzene rings is 1. The van der Waals surface area contributed by atoms with Gasteiger partial charge in [0.1, 0.15) is 9.37 Å². The molecule has 0 bridgehead atoms. The van der Waals surface area contributed by atoms with Gasteiger partial charge in [-0.3, -0.25) is 0 Å². The molecule has 1 aromatic carbocycles. The predicted octanol–water partition coefficient (Wildman–Crippen LogP) is 3.78. The third-order valence-corrected chi connectivity index (χ3v) is 5.59. The highest BCUT2D eigenvalue weighted by molar-refractivity contribution is 9.10.